The van der Waals surface area contributed by atoms with Crippen molar-refractivity contribution < 1.29 is 9.53 Å². The first-order chi connectivity index (χ1) is 11.7. The summed E-state index contributed by atoms with van der Waals surface area (Å²) < 4.78 is 7.48. The van der Waals surface area contributed by atoms with E-state index in [2.05, 4.69) is 16.5 Å². The molecule has 1 amide bonds. The molecule has 1 fully saturated rings. The smallest absolute Gasteiger partial charge is 0.254 e. The lowest BCUT2D eigenvalue weighted by molar-refractivity contribution is 0.0685. The van der Waals surface area contributed by atoms with E-state index in [1.807, 2.05) is 27.9 Å². The van der Waals surface area contributed by atoms with Gasteiger partial charge >= 0.3 is 0 Å². The Morgan fingerprint density at radius 3 is 2.88 bits per heavy atom. The molecule has 0 aromatic carbocycles. The Kier molecular flexibility index (Phi) is 5.68. The number of carbonyl (C=O) groups excluding carboxylic acids is 1. The summed E-state index contributed by atoms with van der Waals surface area (Å²) in [5.74, 6) is 1.86. The second-order valence-electron chi connectivity index (χ2n) is 6.44. The molecular formula is C18H25N3O2S. The number of methoxy groups -OCH3 is 1. The first kappa shape index (κ1) is 17.2. The van der Waals surface area contributed by atoms with E-state index in [0.717, 1.165) is 50.3 Å². The molecule has 0 aliphatic carbocycles. The first-order valence-electron chi connectivity index (χ1n) is 8.50. The summed E-state index contributed by atoms with van der Waals surface area (Å²) >= 11 is 1.58. The lowest BCUT2D eigenvalue weighted by Gasteiger charge is -2.32. The standard InChI is InChI=1S/C18H25N3O2S/c1-14-11-19-17(12-23-2)21(14)9-5-15-3-7-20(8-4-15)18(22)16-6-10-24-13-16/h6,10-11,13,15H,3-5,7-9,12H2,1-2H3. The molecule has 0 unspecified atom stereocenters. The lowest BCUT2D eigenvalue weighted by atomic mass is 9.93. The highest BCUT2D eigenvalue weighted by Crippen LogP contribution is 2.23. The van der Waals surface area contributed by atoms with Crippen molar-refractivity contribution in [3.63, 3.8) is 0 Å². The largest absolute Gasteiger partial charge is 0.377 e. The molecule has 1 aliphatic heterocycles. The molecule has 6 heteroatoms. The van der Waals surface area contributed by atoms with Gasteiger partial charge in [0.2, 0.25) is 0 Å². The van der Waals surface area contributed by atoms with Crippen LogP contribution in [0.1, 0.15) is 41.1 Å². The zero-order valence-electron chi connectivity index (χ0n) is 14.4. The van der Waals surface area contributed by atoms with Crippen LogP contribution < -0.4 is 0 Å². The fourth-order valence-electron chi connectivity index (χ4n) is 3.37. The molecule has 0 atom stereocenters. The quantitative estimate of drug-likeness (QED) is 0.805. The summed E-state index contributed by atoms with van der Waals surface area (Å²) in [6.07, 6.45) is 5.22. The van der Waals surface area contributed by atoms with E-state index in [0.29, 0.717) is 12.5 Å². The van der Waals surface area contributed by atoms with E-state index in [9.17, 15) is 4.79 Å². The predicted octanol–water partition coefficient (Wildman–Crippen LogP) is 3.34. The SMILES string of the molecule is COCc1ncc(C)n1CCC1CCN(C(=O)c2ccsc2)CC1. The van der Waals surface area contributed by atoms with Gasteiger partial charge in [-0.15, -0.1) is 0 Å². The number of ether oxygens (including phenoxy) is 1. The number of hydrogen-bond donors (Lipinski definition) is 0. The Hall–Kier alpha value is -1.66. The average Bonchev–Trinajstić information content (AvgIpc) is 3.24. The van der Waals surface area contributed by atoms with Gasteiger partial charge in [0.15, 0.2) is 0 Å². The van der Waals surface area contributed by atoms with E-state index in [1.165, 1.54) is 5.69 Å². The van der Waals surface area contributed by atoms with Crippen LogP contribution in [0.25, 0.3) is 0 Å². The summed E-state index contributed by atoms with van der Waals surface area (Å²) in [7, 11) is 1.70. The van der Waals surface area contributed by atoms with Crippen LogP contribution in [0.2, 0.25) is 0 Å². The fraction of sp³-hybridized carbons (Fsp3) is 0.556. The fourth-order valence-corrected chi connectivity index (χ4v) is 4.00. The predicted molar refractivity (Wildman–Crippen MR) is 95.2 cm³/mol. The molecule has 3 heterocycles. The lowest BCUT2D eigenvalue weighted by Crippen LogP contribution is -2.38. The molecule has 0 saturated carbocycles. The van der Waals surface area contributed by atoms with Crippen molar-refractivity contribution in [2.75, 3.05) is 20.2 Å². The number of likely N-dealkylation sites (tertiary alicyclic amines) is 1. The highest BCUT2D eigenvalue weighted by atomic mass is 32.1. The average molecular weight is 347 g/mol. The number of hydrogen-bond acceptors (Lipinski definition) is 4. The number of imidazole rings is 1. The number of thiophene rings is 1. The van der Waals surface area contributed by atoms with Gasteiger partial charge in [-0.05, 0) is 43.6 Å². The third-order valence-corrected chi connectivity index (χ3v) is 5.53. The van der Waals surface area contributed by atoms with Crippen LogP contribution in [-0.2, 0) is 17.9 Å². The number of piperidine rings is 1. The van der Waals surface area contributed by atoms with Crippen molar-refractivity contribution in [3.8, 4) is 0 Å². The van der Waals surface area contributed by atoms with E-state index >= 15 is 0 Å². The first-order valence-corrected chi connectivity index (χ1v) is 9.44. The van der Waals surface area contributed by atoms with Crippen molar-refractivity contribution in [3.05, 3.63) is 40.1 Å². The van der Waals surface area contributed by atoms with Crippen LogP contribution in [-0.4, -0.2) is 40.6 Å². The van der Waals surface area contributed by atoms with Gasteiger partial charge in [0.1, 0.15) is 12.4 Å². The monoisotopic (exact) mass is 347 g/mol. The Labute approximate surface area is 147 Å². The zero-order chi connectivity index (χ0) is 16.9. The molecule has 3 rings (SSSR count). The van der Waals surface area contributed by atoms with Crippen LogP contribution in [0.4, 0.5) is 0 Å². The Morgan fingerprint density at radius 2 is 2.21 bits per heavy atom. The molecule has 1 aliphatic rings. The van der Waals surface area contributed by atoms with Gasteiger partial charge in [0.05, 0.1) is 5.56 Å². The maximum atomic E-state index is 12.4. The van der Waals surface area contributed by atoms with Gasteiger partial charge in [0.25, 0.3) is 5.91 Å². The summed E-state index contributed by atoms with van der Waals surface area (Å²) in [6, 6.07) is 1.91. The number of aryl methyl sites for hydroxylation is 1. The molecular weight excluding hydrogens is 322 g/mol. The highest BCUT2D eigenvalue weighted by molar-refractivity contribution is 7.08. The van der Waals surface area contributed by atoms with Gasteiger partial charge < -0.3 is 14.2 Å². The summed E-state index contributed by atoms with van der Waals surface area (Å²) in [5, 5.41) is 3.90. The zero-order valence-corrected chi connectivity index (χ0v) is 15.2. The second kappa shape index (κ2) is 7.94. The minimum absolute atomic E-state index is 0.183. The van der Waals surface area contributed by atoms with Crippen molar-refractivity contribution in [2.45, 2.75) is 39.3 Å². The van der Waals surface area contributed by atoms with Crippen LogP contribution in [0.5, 0.6) is 0 Å². The molecule has 5 nitrogen and oxygen atoms in total. The maximum absolute atomic E-state index is 12.4. The van der Waals surface area contributed by atoms with Crippen molar-refractivity contribution in [1.29, 1.82) is 0 Å². The molecule has 2 aromatic heterocycles. The third kappa shape index (κ3) is 3.87. The van der Waals surface area contributed by atoms with Gasteiger partial charge in [-0.1, -0.05) is 0 Å². The number of aromatic nitrogens is 2. The summed E-state index contributed by atoms with van der Waals surface area (Å²) in [4.78, 5) is 18.8. The number of carbonyl (C=O) groups is 1. The molecule has 24 heavy (non-hydrogen) atoms. The molecule has 0 radical (unpaired) electrons. The maximum Gasteiger partial charge on any atom is 0.254 e. The van der Waals surface area contributed by atoms with Gasteiger partial charge in [-0.2, -0.15) is 11.3 Å². The number of rotatable bonds is 6. The minimum atomic E-state index is 0.183. The number of amides is 1. The van der Waals surface area contributed by atoms with E-state index in [-0.39, 0.29) is 5.91 Å². The van der Waals surface area contributed by atoms with E-state index < -0.39 is 0 Å². The van der Waals surface area contributed by atoms with Crippen LogP contribution in [0, 0.1) is 12.8 Å². The van der Waals surface area contributed by atoms with Gasteiger partial charge in [-0.25, -0.2) is 4.98 Å². The molecule has 130 valence electrons. The van der Waals surface area contributed by atoms with Crippen molar-refractivity contribution in [1.82, 2.24) is 14.5 Å². The topological polar surface area (TPSA) is 47.4 Å². The normalized spacial score (nSPS) is 15.8. The highest BCUT2D eigenvalue weighted by Gasteiger charge is 2.24. The molecule has 0 bridgehead atoms. The molecule has 2 aromatic rings. The van der Waals surface area contributed by atoms with Crippen LogP contribution in [0.3, 0.4) is 0 Å². The summed E-state index contributed by atoms with van der Waals surface area (Å²) in [6.45, 7) is 5.36. The van der Waals surface area contributed by atoms with E-state index in [4.69, 9.17) is 4.74 Å². The minimum Gasteiger partial charge on any atom is -0.377 e. The van der Waals surface area contributed by atoms with Crippen LogP contribution in [0.15, 0.2) is 23.0 Å². The second-order valence-corrected chi connectivity index (χ2v) is 7.22. The van der Waals surface area contributed by atoms with E-state index in [1.54, 1.807) is 18.4 Å². The Balaban J connectivity index is 1.49. The van der Waals surface area contributed by atoms with Crippen LogP contribution >= 0.6 is 11.3 Å². The molecule has 0 N–H and O–H groups in total. The molecule has 0 spiro atoms. The van der Waals surface area contributed by atoms with Gasteiger partial charge in [0, 0.05) is 44.0 Å². The van der Waals surface area contributed by atoms with Crippen molar-refractivity contribution >= 4 is 17.2 Å². The Morgan fingerprint density at radius 1 is 1.42 bits per heavy atom. The Bertz CT molecular complexity index is 658. The third-order valence-electron chi connectivity index (χ3n) is 4.84. The van der Waals surface area contributed by atoms with Crippen molar-refractivity contribution in [2.24, 2.45) is 5.92 Å². The molecule has 1 saturated heterocycles. The van der Waals surface area contributed by atoms with Gasteiger partial charge in [-0.3, -0.25) is 4.79 Å². The number of nitrogens with zero attached hydrogens (tertiary/aromatic N) is 3. The summed E-state index contributed by atoms with van der Waals surface area (Å²) in [5.41, 5.74) is 2.02.